The average molecular weight is 407 g/mol. The second-order valence-corrected chi connectivity index (χ2v) is 8.54. The second kappa shape index (κ2) is 7.87. The molecule has 2 aromatic carbocycles. The molecule has 0 N–H and O–H groups in total. The van der Waals surface area contributed by atoms with Gasteiger partial charge in [0.05, 0.1) is 22.6 Å². The summed E-state index contributed by atoms with van der Waals surface area (Å²) in [7, 11) is 0. The van der Waals surface area contributed by atoms with E-state index in [1.165, 1.54) is 11.8 Å². The summed E-state index contributed by atoms with van der Waals surface area (Å²) in [5.74, 6) is -0.489. The molecule has 1 amide bonds. The van der Waals surface area contributed by atoms with Gasteiger partial charge < -0.3 is 4.74 Å². The van der Waals surface area contributed by atoms with Crippen molar-refractivity contribution in [1.82, 2.24) is 4.90 Å². The van der Waals surface area contributed by atoms with Gasteiger partial charge in [0.15, 0.2) is 5.17 Å². The van der Waals surface area contributed by atoms with Gasteiger partial charge in [0, 0.05) is 0 Å². The lowest BCUT2D eigenvalue weighted by Crippen LogP contribution is -2.40. The van der Waals surface area contributed by atoms with E-state index in [1.807, 2.05) is 68.4 Å². The largest absolute Gasteiger partial charge is 0.457 e. The number of amidine groups is 1. The molecule has 1 saturated heterocycles. The van der Waals surface area contributed by atoms with Gasteiger partial charge in [-0.15, -0.1) is 0 Å². The number of aliphatic imine (C=N–C) groups is 1. The third-order valence-electron chi connectivity index (χ3n) is 5.08. The summed E-state index contributed by atoms with van der Waals surface area (Å²) in [4.78, 5) is 32.2. The van der Waals surface area contributed by atoms with Crippen molar-refractivity contribution in [1.29, 1.82) is 0 Å². The highest BCUT2D eigenvalue weighted by atomic mass is 32.2. The number of esters is 1. The van der Waals surface area contributed by atoms with Crippen LogP contribution in [0.5, 0.6) is 0 Å². The Morgan fingerprint density at radius 3 is 2.48 bits per heavy atom. The number of hydrogen-bond acceptors (Lipinski definition) is 5. The number of benzene rings is 2. The van der Waals surface area contributed by atoms with Gasteiger partial charge in [0.2, 0.25) is 5.91 Å². The summed E-state index contributed by atoms with van der Waals surface area (Å²) >= 11 is 1.43. The molecule has 0 aromatic heterocycles. The van der Waals surface area contributed by atoms with E-state index in [9.17, 15) is 9.59 Å². The van der Waals surface area contributed by atoms with Crippen LogP contribution in [0.4, 0.5) is 0 Å². The van der Waals surface area contributed by atoms with Gasteiger partial charge in [0.25, 0.3) is 0 Å². The van der Waals surface area contributed by atoms with Crippen molar-refractivity contribution >= 4 is 28.8 Å². The molecule has 148 valence electrons. The topological polar surface area (TPSA) is 59.0 Å². The quantitative estimate of drug-likeness (QED) is 0.707. The van der Waals surface area contributed by atoms with E-state index in [1.54, 1.807) is 11.8 Å². The van der Waals surface area contributed by atoms with Crippen LogP contribution in [0.15, 0.2) is 70.9 Å². The van der Waals surface area contributed by atoms with Crippen molar-refractivity contribution in [3.8, 4) is 0 Å². The van der Waals surface area contributed by atoms with E-state index < -0.39 is 12.0 Å². The minimum absolute atomic E-state index is 0.0415. The van der Waals surface area contributed by atoms with Crippen molar-refractivity contribution in [2.24, 2.45) is 4.99 Å². The number of fused-ring (bicyclic) bond motifs is 1. The molecule has 0 spiro atoms. The fraction of sp³-hybridized carbons (Fsp3) is 0.261. The monoisotopic (exact) mass is 406 g/mol. The van der Waals surface area contributed by atoms with Gasteiger partial charge in [-0.05, 0) is 31.9 Å². The Balaban J connectivity index is 1.71. The molecule has 0 bridgehead atoms. The van der Waals surface area contributed by atoms with Crippen LogP contribution in [0, 0.1) is 6.92 Å². The first-order chi connectivity index (χ1) is 14.0. The maximum absolute atomic E-state index is 13.1. The molecule has 1 fully saturated rings. The lowest BCUT2D eigenvalue weighted by molar-refractivity contribution is -0.141. The zero-order valence-corrected chi connectivity index (χ0v) is 17.4. The van der Waals surface area contributed by atoms with E-state index in [4.69, 9.17) is 4.74 Å². The zero-order valence-electron chi connectivity index (χ0n) is 16.6. The van der Waals surface area contributed by atoms with Gasteiger partial charge in [0.1, 0.15) is 6.61 Å². The number of carbonyl (C=O) groups excluding carboxylic acids is 2. The van der Waals surface area contributed by atoms with E-state index in [-0.39, 0.29) is 17.8 Å². The molecular weight excluding hydrogens is 384 g/mol. The molecule has 29 heavy (non-hydrogen) atoms. The van der Waals surface area contributed by atoms with Crippen molar-refractivity contribution < 1.29 is 14.3 Å². The first-order valence-electron chi connectivity index (χ1n) is 9.52. The second-order valence-electron chi connectivity index (χ2n) is 7.24. The molecule has 0 aliphatic carbocycles. The van der Waals surface area contributed by atoms with Crippen LogP contribution in [-0.2, 0) is 20.9 Å². The number of thioether (sulfide) groups is 1. The summed E-state index contributed by atoms with van der Waals surface area (Å²) in [6.07, 6.45) is 0. The molecule has 2 aliphatic rings. The van der Waals surface area contributed by atoms with Crippen molar-refractivity contribution in [2.45, 2.75) is 38.7 Å². The van der Waals surface area contributed by atoms with Crippen LogP contribution in [0.1, 0.15) is 36.6 Å². The minimum Gasteiger partial charge on any atom is -0.457 e. The van der Waals surface area contributed by atoms with Gasteiger partial charge in [-0.3, -0.25) is 9.69 Å². The number of allylic oxidation sites excluding steroid dienone is 1. The first kappa shape index (κ1) is 19.5. The smallest absolute Gasteiger partial charge is 0.338 e. The van der Waals surface area contributed by atoms with Crippen LogP contribution >= 0.6 is 11.8 Å². The molecular formula is C23H22N2O3S. The number of carbonyl (C=O) groups is 2. The van der Waals surface area contributed by atoms with Crippen molar-refractivity contribution in [3.05, 3.63) is 82.6 Å². The summed E-state index contributed by atoms with van der Waals surface area (Å²) in [5, 5.41) is 0.416. The number of nitrogens with zero attached hydrogens (tertiary/aromatic N) is 2. The van der Waals surface area contributed by atoms with E-state index in [0.717, 1.165) is 16.7 Å². The van der Waals surface area contributed by atoms with Crippen LogP contribution in [-0.4, -0.2) is 27.2 Å². The Morgan fingerprint density at radius 1 is 1.10 bits per heavy atom. The summed E-state index contributed by atoms with van der Waals surface area (Å²) in [5.41, 5.74) is 3.90. The highest BCUT2D eigenvalue weighted by Crippen LogP contribution is 2.43. The van der Waals surface area contributed by atoms with Crippen LogP contribution in [0.3, 0.4) is 0 Å². The maximum Gasteiger partial charge on any atom is 0.338 e. The summed E-state index contributed by atoms with van der Waals surface area (Å²) in [6.45, 7) is 5.85. The Hall–Kier alpha value is -2.86. The van der Waals surface area contributed by atoms with E-state index in [2.05, 4.69) is 4.99 Å². The van der Waals surface area contributed by atoms with Gasteiger partial charge in [-0.2, -0.15) is 0 Å². The van der Waals surface area contributed by atoms with Crippen LogP contribution in [0.2, 0.25) is 0 Å². The molecule has 2 atom stereocenters. The predicted molar refractivity (Wildman–Crippen MR) is 114 cm³/mol. The molecule has 2 aromatic rings. The molecule has 0 radical (unpaired) electrons. The minimum atomic E-state index is -0.531. The molecule has 2 heterocycles. The number of aryl methyl sites for hydroxylation is 1. The lowest BCUT2D eigenvalue weighted by Gasteiger charge is -2.33. The van der Waals surface area contributed by atoms with Crippen LogP contribution < -0.4 is 0 Å². The van der Waals surface area contributed by atoms with Gasteiger partial charge in [-0.1, -0.05) is 71.9 Å². The Bertz CT molecular complexity index is 1010. The lowest BCUT2D eigenvalue weighted by atomic mass is 9.93. The van der Waals surface area contributed by atoms with Crippen LogP contribution in [0.25, 0.3) is 0 Å². The number of amides is 1. The van der Waals surface area contributed by atoms with Crippen molar-refractivity contribution in [3.63, 3.8) is 0 Å². The van der Waals surface area contributed by atoms with Gasteiger partial charge in [-0.25, -0.2) is 9.79 Å². The SMILES string of the molecule is CC1=C(C(=O)OCc2ccccc2)C(c2ccc(C)cc2)N2C(=O)C(C)SC2=N1. The molecule has 6 heteroatoms. The molecule has 2 unspecified atom stereocenters. The molecule has 0 saturated carbocycles. The molecule has 4 rings (SSSR count). The Morgan fingerprint density at radius 2 is 1.79 bits per heavy atom. The Kier molecular flexibility index (Phi) is 5.28. The fourth-order valence-electron chi connectivity index (χ4n) is 3.53. The predicted octanol–water partition coefficient (Wildman–Crippen LogP) is 4.39. The highest BCUT2D eigenvalue weighted by Gasteiger charge is 2.46. The highest BCUT2D eigenvalue weighted by molar-refractivity contribution is 8.15. The number of rotatable bonds is 4. The normalized spacial score (nSPS) is 21.1. The van der Waals surface area contributed by atoms with Gasteiger partial charge >= 0.3 is 5.97 Å². The third kappa shape index (κ3) is 3.72. The first-order valence-corrected chi connectivity index (χ1v) is 10.4. The maximum atomic E-state index is 13.1. The zero-order chi connectivity index (χ0) is 20.5. The summed E-state index contributed by atoms with van der Waals surface area (Å²) < 4.78 is 5.61. The number of hydrogen-bond donors (Lipinski definition) is 0. The third-order valence-corrected chi connectivity index (χ3v) is 6.14. The fourth-order valence-corrected chi connectivity index (χ4v) is 4.56. The molecule has 5 nitrogen and oxygen atoms in total. The standard InChI is InChI=1S/C23H22N2O3S/c1-14-9-11-18(12-10-14)20-19(22(27)28-13-17-7-5-4-6-8-17)15(2)24-23-25(20)21(26)16(3)29-23/h4-12,16,20H,13H2,1-3H3. The summed E-state index contributed by atoms with van der Waals surface area (Å²) in [6, 6.07) is 16.9. The van der Waals surface area contributed by atoms with E-state index >= 15 is 0 Å². The Labute approximate surface area is 174 Å². The van der Waals surface area contributed by atoms with Crippen molar-refractivity contribution in [2.75, 3.05) is 0 Å². The average Bonchev–Trinajstić information content (AvgIpc) is 3.00. The molecule has 2 aliphatic heterocycles. The van der Waals surface area contributed by atoms with E-state index in [0.29, 0.717) is 16.4 Å². The number of ether oxygens (including phenoxy) is 1.